The highest BCUT2D eigenvalue weighted by molar-refractivity contribution is 6.10. The number of rotatable bonds is 4. The van der Waals surface area contributed by atoms with Gasteiger partial charge in [0.05, 0.1) is 15.7 Å². The number of pyridine rings is 1. The van der Waals surface area contributed by atoms with E-state index >= 15 is 0 Å². The normalized spacial score (nSPS) is 10.8. The standard InChI is InChI=1S/C22H20N4O2.ClH/c1-2-11-25-21-13-16(24)6-10-19(21)18-9-5-15(23)12-20(18)22(25)14-3-7-17(8-4-14)26(27)28;/h3-10,12-13,24H,2,11,23H2,1H3;1H. The summed E-state index contributed by atoms with van der Waals surface area (Å²) in [6.45, 7) is 2.91. The molecule has 0 amide bonds. The maximum Gasteiger partial charge on any atom is 0.269 e. The van der Waals surface area contributed by atoms with Crippen LogP contribution < -0.4 is 28.4 Å². The smallest absolute Gasteiger partial charge is 0.269 e. The monoisotopic (exact) mass is 408 g/mol. The molecule has 0 bridgehead atoms. The first-order valence-corrected chi connectivity index (χ1v) is 9.18. The molecular weight excluding hydrogens is 388 g/mol. The number of non-ortho nitro benzene ring substituents is 1. The molecule has 4 rings (SSSR count). The third-order valence-electron chi connectivity index (χ3n) is 4.97. The first-order chi connectivity index (χ1) is 13.5. The molecule has 0 aliphatic rings. The zero-order chi connectivity index (χ0) is 19.8. The zero-order valence-electron chi connectivity index (χ0n) is 15.9. The highest BCUT2D eigenvalue weighted by Crippen LogP contribution is 2.34. The molecule has 148 valence electrons. The average Bonchev–Trinajstić information content (AvgIpc) is 2.68. The Hall–Kier alpha value is -3.38. The van der Waals surface area contributed by atoms with Crippen molar-refractivity contribution in [1.29, 1.82) is 0 Å². The van der Waals surface area contributed by atoms with Crippen LogP contribution in [-0.2, 0) is 6.54 Å². The van der Waals surface area contributed by atoms with E-state index in [0.29, 0.717) is 11.4 Å². The molecule has 0 radical (unpaired) electrons. The molecule has 0 unspecified atom stereocenters. The van der Waals surface area contributed by atoms with Crippen LogP contribution in [0, 0.1) is 10.1 Å². The minimum atomic E-state index is -0.388. The van der Waals surface area contributed by atoms with Gasteiger partial charge in [0.1, 0.15) is 6.54 Å². The van der Waals surface area contributed by atoms with E-state index in [-0.39, 0.29) is 23.0 Å². The van der Waals surface area contributed by atoms with Gasteiger partial charge in [-0.2, -0.15) is 4.57 Å². The number of halogens is 1. The fraction of sp³-hybridized carbons (Fsp3) is 0.136. The lowest BCUT2D eigenvalue weighted by Crippen LogP contribution is -3.00. The summed E-state index contributed by atoms with van der Waals surface area (Å²) in [6.07, 6.45) is 0.933. The minimum Gasteiger partial charge on any atom is -1.00 e. The SMILES string of the molecule is CCC[n+]1c(-c2ccc([N+](=O)[O-])cc2)c2cc(N)ccc2c2ccc(N)cc21.[Cl-]. The van der Waals surface area contributed by atoms with Gasteiger partial charge >= 0.3 is 0 Å². The van der Waals surface area contributed by atoms with E-state index in [4.69, 9.17) is 11.5 Å². The second-order valence-electron chi connectivity index (χ2n) is 6.89. The number of fused-ring (bicyclic) bond motifs is 3. The van der Waals surface area contributed by atoms with Crippen LogP contribution in [0.25, 0.3) is 32.9 Å². The van der Waals surface area contributed by atoms with Crippen molar-refractivity contribution in [2.75, 3.05) is 11.5 Å². The minimum absolute atomic E-state index is 0. The van der Waals surface area contributed by atoms with Crippen LogP contribution in [0.1, 0.15) is 13.3 Å². The number of benzene rings is 3. The number of nitrogens with two attached hydrogens (primary N) is 2. The molecule has 3 aromatic carbocycles. The van der Waals surface area contributed by atoms with Gasteiger partial charge in [0.25, 0.3) is 5.69 Å². The van der Waals surface area contributed by atoms with Crippen molar-refractivity contribution in [3.63, 3.8) is 0 Å². The Bertz CT molecular complexity index is 1220. The lowest BCUT2D eigenvalue weighted by Gasteiger charge is -2.13. The van der Waals surface area contributed by atoms with Gasteiger partial charge in [0.15, 0.2) is 0 Å². The van der Waals surface area contributed by atoms with Crippen LogP contribution in [-0.4, -0.2) is 4.92 Å². The number of anilines is 2. The molecule has 0 atom stereocenters. The number of aromatic nitrogens is 1. The average molecular weight is 409 g/mol. The van der Waals surface area contributed by atoms with Gasteiger partial charge < -0.3 is 23.9 Å². The number of nitrogens with zero attached hydrogens (tertiary/aromatic N) is 2. The van der Waals surface area contributed by atoms with Crippen molar-refractivity contribution >= 4 is 38.7 Å². The molecule has 0 saturated heterocycles. The van der Waals surface area contributed by atoms with Crippen LogP contribution >= 0.6 is 0 Å². The highest BCUT2D eigenvalue weighted by Gasteiger charge is 2.23. The number of hydrogen-bond donors (Lipinski definition) is 2. The summed E-state index contributed by atoms with van der Waals surface area (Å²) < 4.78 is 2.23. The van der Waals surface area contributed by atoms with Crippen LogP contribution in [0.15, 0.2) is 60.7 Å². The zero-order valence-corrected chi connectivity index (χ0v) is 16.7. The Labute approximate surface area is 174 Å². The highest BCUT2D eigenvalue weighted by atomic mass is 35.5. The molecule has 4 aromatic rings. The Balaban J connectivity index is 0.00000240. The number of aryl methyl sites for hydroxylation is 1. The number of nitrogen functional groups attached to an aromatic ring is 2. The van der Waals surface area contributed by atoms with Crippen molar-refractivity contribution in [1.82, 2.24) is 0 Å². The number of nitro groups is 1. The molecule has 0 spiro atoms. The van der Waals surface area contributed by atoms with E-state index in [9.17, 15) is 10.1 Å². The van der Waals surface area contributed by atoms with Crippen LogP contribution in [0.5, 0.6) is 0 Å². The summed E-state index contributed by atoms with van der Waals surface area (Å²) in [5.74, 6) is 0. The molecule has 0 aliphatic carbocycles. The summed E-state index contributed by atoms with van der Waals surface area (Å²) in [7, 11) is 0. The number of hydrogen-bond acceptors (Lipinski definition) is 4. The lowest BCUT2D eigenvalue weighted by atomic mass is 9.98. The molecule has 6 nitrogen and oxygen atoms in total. The second-order valence-corrected chi connectivity index (χ2v) is 6.89. The molecule has 7 heteroatoms. The Morgan fingerprint density at radius 3 is 2.14 bits per heavy atom. The predicted molar refractivity (Wildman–Crippen MR) is 113 cm³/mol. The van der Waals surface area contributed by atoms with Gasteiger partial charge in [-0.05, 0) is 36.4 Å². The Kier molecular flexibility index (Phi) is 5.57. The second kappa shape index (κ2) is 7.93. The summed E-state index contributed by atoms with van der Waals surface area (Å²) in [5, 5.41) is 14.2. The lowest BCUT2D eigenvalue weighted by molar-refractivity contribution is -0.659. The van der Waals surface area contributed by atoms with E-state index in [1.807, 2.05) is 36.4 Å². The molecule has 0 saturated carbocycles. The van der Waals surface area contributed by atoms with Gasteiger partial charge in [-0.15, -0.1) is 0 Å². The maximum absolute atomic E-state index is 11.1. The van der Waals surface area contributed by atoms with E-state index in [1.54, 1.807) is 12.1 Å². The Morgan fingerprint density at radius 2 is 1.52 bits per heavy atom. The van der Waals surface area contributed by atoms with Crippen molar-refractivity contribution in [3.8, 4) is 11.3 Å². The molecule has 1 aromatic heterocycles. The quantitative estimate of drug-likeness (QED) is 0.175. The fourth-order valence-corrected chi connectivity index (χ4v) is 3.77. The summed E-state index contributed by atoms with van der Waals surface area (Å²) in [6, 6.07) is 18.5. The van der Waals surface area contributed by atoms with Gasteiger partial charge in [-0.25, -0.2) is 0 Å². The van der Waals surface area contributed by atoms with Gasteiger partial charge in [-0.1, -0.05) is 13.0 Å². The summed E-state index contributed by atoms with van der Waals surface area (Å²) in [5.41, 5.74) is 16.6. The topological polar surface area (TPSA) is 99.1 Å². The maximum atomic E-state index is 11.1. The van der Waals surface area contributed by atoms with Crippen LogP contribution in [0.2, 0.25) is 0 Å². The van der Waals surface area contributed by atoms with Crippen molar-refractivity contribution in [3.05, 3.63) is 70.8 Å². The third kappa shape index (κ3) is 3.54. The molecule has 0 aliphatic heterocycles. The van der Waals surface area contributed by atoms with Gasteiger partial charge in [0.2, 0.25) is 11.2 Å². The van der Waals surface area contributed by atoms with Crippen molar-refractivity contribution in [2.45, 2.75) is 19.9 Å². The van der Waals surface area contributed by atoms with E-state index in [1.165, 1.54) is 12.1 Å². The van der Waals surface area contributed by atoms with Crippen LogP contribution in [0.4, 0.5) is 17.1 Å². The predicted octanol–water partition coefficient (Wildman–Crippen LogP) is 1.43. The van der Waals surface area contributed by atoms with Gasteiger partial charge in [0, 0.05) is 46.9 Å². The molecule has 1 heterocycles. The molecular formula is C22H21ClN4O2. The van der Waals surface area contributed by atoms with Crippen LogP contribution in [0.3, 0.4) is 0 Å². The molecule has 0 fully saturated rings. The van der Waals surface area contributed by atoms with Gasteiger partial charge in [-0.3, -0.25) is 10.1 Å². The summed E-state index contributed by atoms with van der Waals surface area (Å²) in [4.78, 5) is 10.7. The third-order valence-corrected chi connectivity index (χ3v) is 4.97. The largest absolute Gasteiger partial charge is 1.00 e. The number of nitro benzene ring substituents is 1. The van der Waals surface area contributed by atoms with Crippen molar-refractivity contribution in [2.24, 2.45) is 0 Å². The first-order valence-electron chi connectivity index (χ1n) is 9.18. The van der Waals surface area contributed by atoms with Crippen molar-refractivity contribution < 1.29 is 21.9 Å². The first kappa shape index (κ1) is 20.4. The fourth-order valence-electron chi connectivity index (χ4n) is 3.77. The molecule has 4 N–H and O–H groups in total. The summed E-state index contributed by atoms with van der Waals surface area (Å²) >= 11 is 0. The van der Waals surface area contributed by atoms with E-state index < -0.39 is 0 Å². The molecule has 29 heavy (non-hydrogen) atoms. The Morgan fingerprint density at radius 1 is 0.897 bits per heavy atom. The van der Waals surface area contributed by atoms with E-state index in [0.717, 1.165) is 45.9 Å². The van der Waals surface area contributed by atoms with E-state index in [2.05, 4.69) is 11.5 Å².